The maximum Gasteiger partial charge on any atom is -0.00714 e. The van der Waals surface area contributed by atoms with Gasteiger partial charge in [0.2, 0.25) is 0 Å². The zero-order valence-electron chi connectivity index (χ0n) is 13.6. The molecule has 1 aromatic carbocycles. The summed E-state index contributed by atoms with van der Waals surface area (Å²) < 4.78 is 0. The molecule has 2 atom stereocenters. The van der Waals surface area contributed by atoms with Crippen LogP contribution in [0, 0.1) is 16.7 Å². The Morgan fingerprint density at radius 3 is 2.11 bits per heavy atom. The number of benzene rings is 1. The number of rotatable bonds is 4. The summed E-state index contributed by atoms with van der Waals surface area (Å²) in [6.07, 6.45) is 3.79. The Morgan fingerprint density at radius 2 is 1.53 bits per heavy atom. The topological polar surface area (TPSA) is 0 Å². The van der Waals surface area contributed by atoms with Crippen LogP contribution < -0.4 is 0 Å². The van der Waals surface area contributed by atoms with Crippen LogP contribution in [0.4, 0.5) is 0 Å². The van der Waals surface area contributed by atoms with Crippen LogP contribution in [0.3, 0.4) is 0 Å². The van der Waals surface area contributed by atoms with Crippen LogP contribution >= 0.6 is 0 Å². The fourth-order valence-corrected chi connectivity index (χ4v) is 3.77. The predicted octanol–water partition coefficient (Wildman–Crippen LogP) is 5.81. The van der Waals surface area contributed by atoms with Gasteiger partial charge in [-0.3, -0.25) is 0 Å². The van der Waals surface area contributed by atoms with Gasteiger partial charge in [-0.15, -0.1) is 0 Å². The van der Waals surface area contributed by atoms with Gasteiger partial charge in [0, 0.05) is 0 Å². The molecule has 0 bridgehead atoms. The smallest absolute Gasteiger partial charge is 0.00714 e. The van der Waals surface area contributed by atoms with Gasteiger partial charge < -0.3 is 0 Å². The molecule has 0 radical (unpaired) electrons. The number of hydrogen-bond acceptors (Lipinski definition) is 0. The molecule has 19 heavy (non-hydrogen) atoms. The van der Waals surface area contributed by atoms with Crippen LogP contribution in [0.2, 0.25) is 0 Å². The lowest BCUT2D eigenvalue weighted by atomic mass is 9.62. The van der Waals surface area contributed by atoms with Crippen LogP contribution in [0.25, 0.3) is 0 Å². The normalized spacial score (nSPS) is 23.5. The zero-order valence-corrected chi connectivity index (χ0v) is 13.6. The second-order valence-corrected chi connectivity index (χ2v) is 7.67. The number of hydrogen-bond donors (Lipinski definition) is 0. The highest BCUT2D eigenvalue weighted by atomic mass is 14.5. The zero-order chi connectivity index (χ0) is 14.3. The average molecular weight is 258 g/mol. The lowest BCUT2D eigenvalue weighted by Gasteiger charge is -2.43. The Hall–Kier alpha value is -0.780. The minimum absolute atomic E-state index is 0.393. The third-order valence-corrected chi connectivity index (χ3v) is 5.90. The van der Waals surface area contributed by atoms with Crippen molar-refractivity contribution in [2.75, 3.05) is 0 Å². The van der Waals surface area contributed by atoms with Crippen molar-refractivity contribution in [3.63, 3.8) is 0 Å². The molecule has 106 valence electrons. The van der Waals surface area contributed by atoms with Gasteiger partial charge in [0.15, 0.2) is 0 Å². The fourth-order valence-electron chi connectivity index (χ4n) is 3.77. The Balaban J connectivity index is 2.48. The largest absolute Gasteiger partial charge is 0.0649 e. The van der Waals surface area contributed by atoms with Gasteiger partial charge in [-0.25, -0.2) is 0 Å². The second-order valence-electron chi connectivity index (χ2n) is 7.67. The Bertz CT molecular complexity index is 439. The van der Waals surface area contributed by atoms with Crippen molar-refractivity contribution in [1.29, 1.82) is 0 Å². The Labute approximate surface area is 119 Å². The van der Waals surface area contributed by atoms with Crippen molar-refractivity contribution in [2.45, 2.75) is 66.7 Å². The third kappa shape index (κ3) is 2.47. The summed E-state index contributed by atoms with van der Waals surface area (Å²) in [4.78, 5) is 0. The van der Waals surface area contributed by atoms with E-state index in [0.717, 1.165) is 5.92 Å². The molecule has 2 unspecified atom stereocenters. The van der Waals surface area contributed by atoms with Crippen molar-refractivity contribution in [3.05, 3.63) is 35.4 Å². The first kappa shape index (κ1) is 14.6. The molecule has 1 aromatic rings. The van der Waals surface area contributed by atoms with Crippen LogP contribution in [-0.4, -0.2) is 0 Å². The molecule has 0 saturated carbocycles. The van der Waals surface area contributed by atoms with Crippen molar-refractivity contribution < 1.29 is 0 Å². The van der Waals surface area contributed by atoms with Crippen molar-refractivity contribution in [1.82, 2.24) is 0 Å². The van der Waals surface area contributed by atoms with E-state index in [1.54, 1.807) is 11.1 Å². The maximum atomic E-state index is 2.46. The van der Waals surface area contributed by atoms with E-state index in [0.29, 0.717) is 16.7 Å². The summed E-state index contributed by atoms with van der Waals surface area (Å²) in [7, 11) is 0. The summed E-state index contributed by atoms with van der Waals surface area (Å²) >= 11 is 0. The molecule has 1 aliphatic rings. The van der Waals surface area contributed by atoms with E-state index >= 15 is 0 Å². The Kier molecular flexibility index (Phi) is 3.82. The van der Waals surface area contributed by atoms with Gasteiger partial charge in [-0.2, -0.15) is 0 Å². The average Bonchev–Trinajstić information content (AvgIpc) is 2.79. The second kappa shape index (κ2) is 4.96. The van der Waals surface area contributed by atoms with Gasteiger partial charge >= 0.3 is 0 Å². The molecule has 2 rings (SSSR count). The van der Waals surface area contributed by atoms with Gasteiger partial charge in [0.1, 0.15) is 0 Å². The molecular formula is C19H30. The van der Waals surface area contributed by atoms with E-state index in [9.17, 15) is 0 Å². The van der Waals surface area contributed by atoms with E-state index in [-0.39, 0.29) is 0 Å². The van der Waals surface area contributed by atoms with Gasteiger partial charge in [-0.1, -0.05) is 78.6 Å². The summed E-state index contributed by atoms with van der Waals surface area (Å²) in [5.74, 6) is 1.49. The maximum absolute atomic E-state index is 2.46. The number of fused-ring (bicyclic) bond motifs is 1. The molecule has 0 aromatic heterocycles. The molecule has 0 N–H and O–H groups in total. The molecular weight excluding hydrogens is 228 g/mol. The first-order valence-corrected chi connectivity index (χ1v) is 7.91. The highest BCUT2D eigenvalue weighted by Crippen LogP contribution is 2.56. The van der Waals surface area contributed by atoms with Gasteiger partial charge in [0.05, 0.1) is 0 Å². The lowest BCUT2D eigenvalue weighted by Crippen LogP contribution is -2.34. The van der Waals surface area contributed by atoms with Crippen molar-refractivity contribution in [2.24, 2.45) is 16.7 Å². The highest BCUT2D eigenvalue weighted by Gasteiger charge is 2.46. The molecule has 0 heterocycles. The van der Waals surface area contributed by atoms with Gasteiger partial charge in [0.25, 0.3) is 0 Å². The first-order valence-electron chi connectivity index (χ1n) is 7.91. The summed E-state index contributed by atoms with van der Waals surface area (Å²) in [5, 5.41) is 0. The predicted molar refractivity (Wildman–Crippen MR) is 84.5 cm³/mol. The monoisotopic (exact) mass is 258 g/mol. The molecule has 0 nitrogen and oxygen atoms in total. The summed E-state index contributed by atoms with van der Waals surface area (Å²) in [6, 6.07) is 9.15. The third-order valence-electron chi connectivity index (χ3n) is 5.90. The quantitative estimate of drug-likeness (QED) is 0.639. The molecule has 0 aliphatic heterocycles. The minimum atomic E-state index is 0.393. The lowest BCUT2D eigenvalue weighted by molar-refractivity contribution is 0.109. The molecule has 0 spiro atoms. The molecule has 0 fully saturated rings. The van der Waals surface area contributed by atoms with E-state index in [1.165, 1.54) is 19.3 Å². The Morgan fingerprint density at radius 1 is 0.947 bits per heavy atom. The summed E-state index contributed by atoms with van der Waals surface area (Å²) in [5.41, 5.74) is 4.04. The fraction of sp³-hybridized carbons (Fsp3) is 0.684. The van der Waals surface area contributed by atoms with Crippen LogP contribution in [0.15, 0.2) is 24.3 Å². The minimum Gasteiger partial charge on any atom is -0.0649 e. The van der Waals surface area contributed by atoms with Crippen molar-refractivity contribution in [3.8, 4) is 0 Å². The molecule has 0 heteroatoms. The van der Waals surface area contributed by atoms with Crippen LogP contribution in [0.1, 0.15) is 71.4 Å². The molecule has 0 amide bonds. The van der Waals surface area contributed by atoms with Crippen LogP contribution in [0.5, 0.6) is 0 Å². The first-order chi connectivity index (χ1) is 8.83. The SMILES string of the molecule is CCC(C)(C)C1Cc2ccccc2C1C(C)(C)CC. The molecule has 0 saturated heterocycles. The molecule has 1 aliphatic carbocycles. The van der Waals surface area contributed by atoms with Gasteiger partial charge in [-0.05, 0) is 40.2 Å². The van der Waals surface area contributed by atoms with E-state index < -0.39 is 0 Å². The highest BCUT2D eigenvalue weighted by molar-refractivity contribution is 5.38. The standard InChI is InChI=1S/C19H30/c1-7-18(3,4)16-13-14-11-9-10-12-15(14)17(16)19(5,6)8-2/h9-12,16-17H,7-8,13H2,1-6H3. The van der Waals surface area contributed by atoms with E-state index in [1.807, 2.05) is 0 Å². The summed E-state index contributed by atoms with van der Waals surface area (Å²) in [6.45, 7) is 14.5. The van der Waals surface area contributed by atoms with Crippen molar-refractivity contribution >= 4 is 0 Å². The van der Waals surface area contributed by atoms with E-state index in [2.05, 4.69) is 65.8 Å². The van der Waals surface area contributed by atoms with Crippen LogP contribution in [-0.2, 0) is 6.42 Å². The van der Waals surface area contributed by atoms with E-state index in [4.69, 9.17) is 0 Å².